The quantitative estimate of drug-likeness (QED) is 0.170. The summed E-state index contributed by atoms with van der Waals surface area (Å²) in [6.45, 7) is 1.29. The SMILES string of the molecule is COc1c(Nc2cc(NC(=O)C3CC3)nnc2C(=O)NC(O)(O)O)cccc1-c1cc(C(=O)N2CCC(N(C)C)CC2)n(C)n1. The summed E-state index contributed by atoms with van der Waals surface area (Å²) >= 11 is 0. The second-order valence-corrected chi connectivity index (χ2v) is 11.4. The predicted octanol–water partition coefficient (Wildman–Crippen LogP) is 0.462. The number of ether oxygens (including phenoxy) is 1. The maximum absolute atomic E-state index is 13.4. The molecule has 2 aromatic heterocycles. The summed E-state index contributed by atoms with van der Waals surface area (Å²) in [6, 6.07) is 8.61. The summed E-state index contributed by atoms with van der Waals surface area (Å²) in [4.78, 5) is 42.5. The largest absolute Gasteiger partial charge is 0.494 e. The first-order valence-corrected chi connectivity index (χ1v) is 14.5. The molecular formula is C29H37N9O7. The zero-order valence-electron chi connectivity index (χ0n) is 25.4. The standard InChI is InChI=1S/C29H37N9O7/c1-36(2)17-10-12-38(13-11-17)28(41)22-14-20(35-37(22)3)18-6-5-7-19(25(18)45-4)30-21-15-23(31-26(39)16-8-9-16)33-34-24(21)27(40)32-29(42,43)44/h5-7,14-17,42-44H,8-13H2,1-4H3,(H,32,40)(H2,30,31,33,39). The van der Waals surface area contributed by atoms with Crippen molar-refractivity contribution < 1.29 is 34.4 Å². The van der Waals surface area contributed by atoms with Crippen LogP contribution in [-0.4, -0.2) is 109 Å². The van der Waals surface area contributed by atoms with Gasteiger partial charge in [0.2, 0.25) is 5.91 Å². The van der Waals surface area contributed by atoms with Crippen molar-refractivity contribution in [1.29, 1.82) is 0 Å². The van der Waals surface area contributed by atoms with E-state index in [1.54, 1.807) is 36.6 Å². The van der Waals surface area contributed by atoms with Crippen LogP contribution in [0.1, 0.15) is 46.7 Å². The van der Waals surface area contributed by atoms with E-state index >= 15 is 0 Å². The highest BCUT2D eigenvalue weighted by atomic mass is 16.7. The molecule has 1 saturated heterocycles. The molecule has 0 bridgehead atoms. The van der Waals surface area contributed by atoms with Crippen LogP contribution in [0.2, 0.25) is 0 Å². The van der Waals surface area contributed by atoms with E-state index in [1.165, 1.54) is 17.9 Å². The number of carbonyl (C=O) groups excluding carboxylic acids is 3. The Morgan fingerprint density at radius 2 is 1.73 bits per heavy atom. The van der Waals surface area contributed by atoms with E-state index in [0.717, 1.165) is 25.7 Å². The summed E-state index contributed by atoms with van der Waals surface area (Å²) in [7, 11) is 7.24. The second kappa shape index (κ2) is 12.8. The van der Waals surface area contributed by atoms with Crippen molar-refractivity contribution in [3.05, 3.63) is 41.7 Å². The Bertz CT molecular complexity index is 1590. The molecule has 3 heterocycles. The third-order valence-corrected chi connectivity index (χ3v) is 7.84. The van der Waals surface area contributed by atoms with Crippen LogP contribution in [0.4, 0.5) is 17.2 Å². The normalized spacial score (nSPS) is 15.6. The highest BCUT2D eigenvalue weighted by Crippen LogP contribution is 2.38. The van der Waals surface area contributed by atoms with E-state index in [1.807, 2.05) is 19.0 Å². The number of piperidine rings is 1. The van der Waals surface area contributed by atoms with Crippen LogP contribution in [-0.2, 0) is 11.8 Å². The molecule has 5 rings (SSSR count). The van der Waals surface area contributed by atoms with E-state index in [9.17, 15) is 29.7 Å². The molecule has 6 N–H and O–H groups in total. The molecule has 45 heavy (non-hydrogen) atoms. The summed E-state index contributed by atoms with van der Waals surface area (Å²) in [5.74, 6) is -1.29. The van der Waals surface area contributed by atoms with Gasteiger partial charge in [-0.3, -0.25) is 24.4 Å². The Hall–Kier alpha value is -4.64. The molecule has 240 valence electrons. The van der Waals surface area contributed by atoms with Gasteiger partial charge in [0.05, 0.1) is 24.2 Å². The van der Waals surface area contributed by atoms with Gasteiger partial charge < -0.3 is 40.5 Å². The summed E-state index contributed by atoms with van der Waals surface area (Å²) in [6.07, 6.45) is -0.219. The summed E-state index contributed by atoms with van der Waals surface area (Å²) < 4.78 is 7.27. The molecule has 0 atom stereocenters. The highest BCUT2D eigenvalue weighted by molar-refractivity contribution is 6.00. The first kappa shape index (κ1) is 31.8. The van der Waals surface area contributed by atoms with Crippen molar-refractivity contribution in [1.82, 2.24) is 35.1 Å². The average molecular weight is 624 g/mol. The minimum atomic E-state index is -3.51. The van der Waals surface area contributed by atoms with Crippen LogP contribution < -0.4 is 20.7 Å². The number of aliphatic hydroxyl groups is 3. The first-order valence-electron chi connectivity index (χ1n) is 14.5. The third kappa shape index (κ3) is 7.37. The Morgan fingerprint density at radius 1 is 1.02 bits per heavy atom. The van der Waals surface area contributed by atoms with Gasteiger partial charge in [-0.15, -0.1) is 10.2 Å². The molecule has 1 saturated carbocycles. The molecule has 3 aromatic rings. The number of aryl methyl sites for hydroxylation is 1. The van der Waals surface area contributed by atoms with Crippen LogP contribution in [0.25, 0.3) is 11.3 Å². The van der Waals surface area contributed by atoms with E-state index in [-0.39, 0.29) is 29.2 Å². The topological polar surface area (TPSA) is 207 Å². The number of nitrogens with one attached hydrogen (secondary N) is 3. The van der Waals surface area contributed by atoms with Gasteiger partial charge in [0.15, 0.2) is 17.3 Å². The number of hydrogen-bond donors (Lipinski definition) is 6. The van der Waals surface area contributed by atoms with Crippen molar-refractivity contribution in [2.24, 2.45) is 13.0 Å². The monoisotopic (exact) mass is 623 g/mol. The smallest absolute Gasteiger partial charge is 0.369 e. The molecule has 3 amide bonds. The van der Waals surface area contributed by atoms with E-state index in [4.69, 9.17) is 4.74 Å². The number of rotatable bonds is 10. The van der Waals surface area contributed by atoms with E-state index in [2.05, 4.69) is 30.8 Å². The Balaban J connectivity index is 1.44. The fourth-order valence-electron chi connectivity index (χ4n) is 5.25. The van der Waals surface area contributed by atoms with Crippen LogP contribution in [0.15, 0.2) is 30.3 Å². The lowest BCUT2D eigenvalue weighted by Gasteiger charge is -2.35. The number of amides is 3. The Morgan fingerprint density at radius 3 is 2.36 bits per heavy atom. The summed E-state index contributed by atoms with van der Waals surface area (Å²) in [5.41, 5.74) is 1.37. The van der Waals surface area contributed by atoms with Crippen LogP contribution in [0.5, 0.6) is 5.75 Å². The third-order valence-electron chi connectivity index (χ3n) is 7.84. The van der Waals surface area contributed by atoms with Gasteiger partial charge in [0.25, 0.3) is 11.8 Å². The number of likely N-dealkylation sites (tertiary alicyclic amines) is 1. The van der Waals surface area contributed by atoms with Gasteiger partial charge in [0, 0.05) is 43.7 Å². The van der Waals surface area contributed by atoms with Crippen LogP contribution >= 0.6 is 0 Å². The van der Waals surface area contributed by atoms with E-state index in [0.29, 0.717) is 47.5 Å². The van der Waals surface area contributed by atoms with Gasteiger partial charge in [-0.2, -0.15) is 5.10 Å². The lowest BCUT2D eigenvalue weighted by molar-refractivity contribution is -0.323. The number of para-hydroxylation sites is 1. The number of aromatic nitrogens is 4. The van der Waals surface area contributed by atoms with Crippen molar-refractivity contribution in [2.75, 3.05) is 44.9 Å². The number of methoxy groups -OCH3 is 1. The zero-order chi connectivity index (χ0) is 32.5. The molecule has 0 unspecified atom stereocenters. The molecule has 2 fully saturated rings. The maximum atomic E-state index is 13.4. The average Bonchev–Trinajstić information content (AvgIpc) is 3.77. The molecular weight excluding hydrogens is 586 g/mol. The molecule has 16 nitrogen and oxygen atoms in total. The number of carbonyl (C=O) groups is 3. The highest BCUT2D eigenvalue weighted by Gasteiger charge is 2.31. The van der Waals surface area contributed by atoms with Crippen molar-refractivity contribution >= 4 is 34.9 Å². The lowest BCUT2D eigenvalue weighted by atomic mass is 10.0. The van der Waals surface area contributed by atoms with Crippen molar-refractivity contribution in [3.63, 3.8) is 0 Å². The maximum Gasteiger partial charge on any atom is 0.369 e. The van der Waals surface area contributed by atoms with E-state index < -0.39 is 17.7 Å². The molecule has 0 radical (unpaired) electrons. The van der Waals surface area contributed by atoms with Crippen molar-refractivity contribution in [2.45, 2.75) is 37.8 Å². The Labute approximate surface area is 259 Å². The molecule has 0 spiro atoms. The predicted molar refractivity (Wildman–Crippen MR) is 161 cm³/mol. The van der Waals surface area contributed by atoms with Gasteiger partial charge in [-0.1, -0.05) is 6.07 Å². The van der Waals surface area contributed by atoms with Gasteiger partial charge >= 0.3 is 6.10 Å². The molecule has 1 aliphatic carbocycles. The number of nitrogens with zero attached hydrogens (tertiary/aromatic N) is 6. The van der Waals surface area contributed by atoms with Crippen LogP contribution in [0, 0.1) is 5.92 Å². The second-order valence-electron chi connectivity index (χ2n) is 11.4. The fourth-order valence-corrected chi connectivity index (χ4v) is 5.25. The molecule has 1 aliphatic heterocycles. The van der Waals surface area contributed by atoms with Gasteiger partial charge in [0.1, 0.15) is 5.69 Å². The van der Waals surface area contributed by atoms with Crippen LogP contribution in [0.3, 0.4) is 0 Å². The number of benzene rings is 1. The number of hydrogen-bond acceptors (Lipinski definition) is 12. The van der Waals surface area contributed by atoms with Gasteiger partial charge in [-0.05, 0) is 58.0 Å². The molecule has 16 heteroatoms. The summed E-state index contributed by atoms with van der Waals surface area (Å²) in [5, 5.41) is 47.4. The zero-order valence-corrected chi connectivity index (χ0v) is 25.4. The molecule has 1 aromatic carbocycles. The number of anilines is 3. The Kier molecular flexibility index (Phi) is 9.01. The fraction of sp³-hybridized carbons (Fsp3) is 0.448. The lowest BCUT2D eigenvalue weighted by Crippen LogP contribution is -2.48. The minimum absolute atomic E-state index is 0.00584. The van der Waals surface area contributed by atoms with Crippen molar-refractivity contribution in [3.8, 4) is 17.0 Å². The molecule has 2 aliphatic rings. The van der Waals surface area contributed by atoms with Gasteiger partial charge in [-0.25, -0.2) is 0 Å². The first-order chi connectivity index (χ1) is 21.3. The minimum Gasteiger partial charge on any atom is -0.494 e.